The number of hydrogen-bond donors (Lipinski definition) is 2. The molecule has 3 rings (SSSR count). The Morgan fingerprint density at radius 3 is 2.31 bits per heavy atom. The van der Waals surface area contributed by atoms with E-state index >= 15 is 0 Å². The quantitative estimate of drug-likeness (QED) is 0.506. The average Bonchev–Trinajstić information content (AvgIpc) is 2.85. The smallest absolute Gasteiger partial charge is 0.408 e. The lowest BCUT2D eigenvalue weighted by Gasteiger charge is -2.27. The lowest BCUT2D eigenvalue weighted by molar-refractivity contribution is -0.123. The Hall–Kier alpha value is -3.39. The number of rotatable bonds is 5. The molecule has 0 aromatic heterocycles. The molecule has 1 heterocycles. The largest absolute Gasteiger partial charge is 0.444 e. The van der Waals surface area contributed by atoms with Gasteiger partial charge in [-0.3, -0.25) is 9.59 Å². The summed E-state index contributed by atoms with van der Waals surface area (Å²) in [6.07, 6.45) is -5.88. The lowest BCUT2D eigenvalue weighted by Crippen LogP contribution is -2.51. The fourth-order valence-electron chi connectivity index (χ4n) is 3.63. The molecular weight excluding hydrogens is 570 g/mol. The zero-order valence-corrected chi connectivity index (χ0v) is 22.4. The number of amides is 3. The number of sulfone groups is 1. The first-order chi connectivity index (χ1) is 17.9. The first kappa shape index (κ1) is 30.2. The van der Waals surface area contributed by atoms with Gasteiger partial charge in [-0.2, -0.15) is 13.2 Å². The van der Waals surface area contributed by atoms with Gasteiger partial charge in [0.15, 0.2) is 9.84 Å². The van der Waals surface area contributed by atoms with Gasteiger partial charge in [-0.15, -0.1) is 0 Å². The minimum atomic E-state index is -4.79. The van der Waals surface area contributed by atoms with Crippen LogP contribution in [0.2, 0.25) is 5.02 Å². The highest BCUT2D eigenvalue weighted by Gasteiger charge is 2.40. The van der Waals surface area contributed by atoms with Crippen molar-refractivity contribution in [2.45, 2.75) is 50.0 Å². The maximum Gasteiger partial charge on any atom is 0.408 e. The molecule has 1 aliphatic rings. The van der Waals surface area contributed by atoms with Crippen molar-refractivity contribution in [3.8, 4) is 0 Å². The van der Waals surface area contributed by atoms with Crippen LogP contribution in [0.5, 0.6) is 0 Å². The van der Waals surface area contributed by atoms with Gasteiger partial charge in [0.05, 0.1) is 28.4 Å². The molecule has 39 heavy (non-hydrogen) atoms. The number of fused-ring (bicyclic) bond motifs is 1. The van der Waals surface area contributed by atoms with Crippen LogP contribution < -0.4 is 15.5 Å². The molecule has 3 amide bonds. The van der Waals surface area contributed by atoms with Crippen molar-refractivity contribution >= 4 is 45.0 Å². The number of halogens is 5. The van der Waals surface area contributed by atoms with Crippen LogP contribution in [-0.4, -0.2) is 56.4 Å². The van der Waals surface area contributed by atoms with Crippen molar-refractivity contribution in [1.29, 1.82) is 0 Å². The normalized spacial score (nSPS) is 17.2. The molecule has 9 nitrogen and oxygen atoms in total. The van der Waals surface area contributed by atoms with Gasteiger partial charge in [-0.1, -0.05) is 23.7 Å². The fourth-order valence-corrected chi connectivity index (χ4v) is 5.37. The molecule has 0 spiro atoms. The number of ether oxygens (including phenoxy) is 1. The molecule has 0 bridgehead atoms. The van der Waals surface area contributed by atoms with E-state index in [1.54, 1.807) is 20.8 Å². The third-order valence-corrected chi connectivity index (χ3v) is 7.28. The summed E-state index contributed by atoms with van der Waals surface area (Å²) in [6.45, 7) is 2.56. The molecule has 0 fully saturated rings. The first-order valence-corrected chi connectivity index (χ1v) is 13.4. The van der Waals surface area contributed by atoms with E-state index in [9.17, 15) is 40.4 Å². The molecule has 1 aliphatic heterocycles. The first-order valence-electron chi connectivity index (χ1n) is 11.3. The number of carbonyl (C=O) groups is 3. The van der Waals surface area contributed by atoms with Crippen molar-refractivity contribution in [3.05, 3.63) is 58.4 Å². The number of hydrogen-bond acceptors (Lipinski definition) is 6. The second-order valence-corrected chi connectivity index (χ2v) is 12.1. The van der Waals surface area contributed by atoms with Gasteiger partial charge in [-0.05, 0) is 50.6 Å². The van der Waals surface area contributed by atoms with Crippen LogP contribution in [0.25, 0.3) is 0 Å². The van der Waals surface area contributed by atoms with E-state index in [1.807, 2.05) is 0 Å². The highest BCUT2D eigenvalue weighted by Crippen LogP contribution is 2.34. The number of anilines is 1. The lowest BCUT2D eigenvalue weighted by atomic mass is 10.1. The molecule has 15 heteroatoms. The highest BCUT2D eigenvalue weighted by molar-refractivity contribution is 7.91. The van der Waals surface area contributed by atoms with Gasteiger partial charge < -0.3 is 20.3 Å². The van der Waals surface area contributed by atoms with Crippen LogP contribution in [-0.2, 0) is 25.9 Å². The molecule has 2 aromatic rings. The Bertz CT molecular complexity index is 1390. The summed E-state index contributed by atoms with van der Waals surface area (Å²) in [5.74, 6) is -4.83. The van der Waals surface area contributed by atoms with E-state index in [0.717, 1.165) is 4.90 Å². The monoisotopic (exact) mass is 593 g/mol. The number of nitrogens with zero attached hydrogens (tertiary/aromatic N) is 1. The predicted molar refractivity (Wildman–Crippen MR) is 133 cm³/mol. The molecule has 0 saturated carbocycles. The van der Waals surface area contributed by atoms with E-state index in [-0.39, 0.29) is 6.54 Å². The van der Waals surface area contributed by atoms with Gasteiger partial charge in [0, 0.05) is 5.02 Å². The maximum atomic E-state index is 14.9. The summed E-state index contributed by atoms with van der Waals surface area (Å²) < 4.78 is 84.3. The van der Waals surface area contributed by atoms with Crippen LogP contribution in [0.15, 0.2) is 41.3 Å². The van der Waals surface area contributed by atoms with Gasteiger partial charge >= 0.3 is 12.3 Å². The topological polar surface area (TPSA) is 122 Å². The SMILES string of the molecule is CC(C)(C)OC(=O)N[C@H]1CS(=O)(=O)c2cc(F)c(C(=O)NCC(F)(F)F)cc2N(Cc2ccc(Cl)cc2)C1=O. The summed E-state index contributed by atoms with van der Waals surface area (Å²) in [5, 5.41) is 4.10. The second kappa shape index (κ2) is 11.0. The summed E-state index contributed by atoms with van der Waals surface area (Å²) in [6, 6.07) is 5.50. The van der Waals surface area contributed by atoms with Crippen molar-refractivity contribution in [2.75, 3.05) is 17.2 Å². The molecule has 1 atom stereocenters. The Morgan fingerprint density at radius 1 is 1.13 bits per heavy atom. The van der Waals surface area contributed by atoms with Crippen molar-refractivity contribution in [3.63, 3.8) is 0 Å². The zero-order chi connectivity index (χ0) is 29.3. The number of nitrogens with one attached hydrogen (secondary N) is 2. The molecule has 2 aromatic carbocycles. The Morgan fingerprint density at radius 2 is 1.74 bits per heavy atom. The van der Waals surface area contributed by atoms with Crippen LogP contribution in [0, 0.1) is 5.82 Å². The van der Waals surface area contributed by atoms with Crippen molar-refractivity contribution in [1.82, 2.24) is 10.6 Å². The van der Waals surface area contributed by atoms with Crippen molar-refractivity contribution < 1.29 is 45.1 Å². The predicted octanol–water partition coefficient (Wildman–Crippen LogP) is 3.99. The molecule has 0 saturated heterocycles. The third kappa shape index (κ3) is 7.82. The van der Waals surface area contributed by atoms with Gasteiger partial charge in [0.25, 0.3) is 11.8 Å². The fraction of sp³-hybridized carbons (Fsp3) is 0.375. The Labute approximate surface area is 226 Å². The van der Waals surface area contributed by atoms with E-state index in [4.69, 9.17) is 16.3 Å². The average molecular weight is 594 g/mol. The second-order valence-electron chi connectivity index (χ2n) is 9.63. The number of carbonyl (C=O) groups excluding carboxylic acids is 3. The Kier molecular flexibility index (Phi) is 8.51. The summed E-state index contributed by atoms with van der Waals surface area (Å²) in [7, 11) is -4.49. The Balaban J connectivity index is 2.12. The summed E-state index contributed by atoms with van der Waals surface area (Å²) in [5.41, 5.74) is -1.92. The van der Waals surface area contributed by atoms with Crippen LogP contribution in [0.4, 0.5) is 28.0 Å². The minimum Gasteiger partial charge on any atom is -0.444 e. The molecule has 2 N–H and O–H groups in total. The van der Waals surface area contributed by atoms with E-state index < -0.39 is 79.8 Å². The standard InChI is InChI=1S/C24H24ClF4N3O6S/c1-23(2,3)38-22(35)31-17-11-39(36,37)19-9-16(26)15(20(33)30-12-24(27,28)29)8-18(19)32(21(17)34)10-13-4-6-14(25)7-5-13/h4-9,17H,10-12H2,1-3H3,(H,30,33)(H,31,35)/t17-/m0/s1. The van der Waals surface area contributed by atoms with Crippen LogP contribution in [0.3, 0.4) is 0 Å². The van der Waals surface area contributed by atoms with Gasteiger partial charge in [0.1, 0.15) is 24.0 Å². The number of alkyl halides is 3. The van der Waals surface area contributed by atoms with Crippen molar-refractivity contribution in [2.24, 2.45) is 0 Å². The maximum absolute atomic E-state index is 14.9. The summed E-state index contributed by atoms with van der Waals surface area (Å²) >= 11 is 5.91. The summed E-state index contributed by atoms with van der Waals surface area (Å²) in [4.78, 5) is 38.6. The molecule has 212 valence electrons. The highest BCUT2D eigenvalue weighted by atomic mass is 35.5. The molecule has 0 radical (unpaired) electrons. The molecular formula is C24H24ClF4N3O6S. The van der Waals surface area contributed by atoms with E-state index in [0.29, 0.717) is 22.7 Å². The van der Waals surface area contributed by atoms with Crippen LogP contribution >= 0.6 is 11.6 Å². The zero-order valence-electron chi connectivity index (χ0n) is 20.9. The number of alkyl carbamates (subject to hydrolysis) is 1. The van der Waals surface area contributed by atoms with E-state index in [2.05, 4.69) is 5.32 Å². The van der Waals surface area contributed by atoms with Gasteiger partial charge in [0.2, 0.25) is 0 Å². The van der Waals surface area contributed by atoms with Crippen LogP contribution in [0.1, 0.15) is 36.7 Å². The van der Waals surface area contributed by atoms with Gasteiger partial charge in [-0.25, -0.2) is 17.6 Å². The molecule has 0 unspecified atom stereocenters. The molecule has 0 aliphatic carbocycles. The minimum absolute atomic E-state index is 0.319. The number of benzene rings is 2. The van der Waals surface area contributed by atoms with E-state index in [1.165, 1.54) is 29.6 Å². The third-order valence-electron chi connectivity index (χ3n) is 5.26.